The van der Waals surface area contributed by atoms with Crippen LogP contribution in [0.3, 0.4) is 0 Å². The zero-order chi connectivity index (χ0) is 10.4. The van der Waals surface area contributed by atoms with E-state index in [-0.39, 0.29) is 5.97 Å². The standard InChI is InChI=1S/C10H12BrNO2/c1-2-14-10(13)4-3-8-5-6-12-7-9(8)11/h5-7H,2-4H2,1H3. The molecule has 0 aliphatic carbocycles. The van der Waals surface area contributed by atoms with Crippen molar-refractivity contribution in [3.8, 4) is 0 Å². The Morgan fingerprint density at radius 1 is 1.64 bits per heavy atom. The number of ether oxygens (including phenoxy) is 1. The summed E-state index contributed by atoms with van der Waals surface area (Å²) in [7, 11) is 0. The van der Waals surface area contributed by atoms with E-state index in [1.54, 1.807) is 19.3 Å². The van der Waals surface area contributed by atoms with Gasteiger partial charge in [0.05, 0.1) is 6.61 Å². The molecule has 0 aliphatic rings. The SMILES string of the molecule is CCOC(=O)CCc1ccncc1Br. The Morgan fingerprint density at radius 2 is 2.43 bits per heavy atom. The van der Waals surface area contributed by atoms with Crippen LogP contribution in [0.1, 0.15) is 18.9 Å². The van der Waals surface area contributed by atoms with Gasteiger partial charge in [-0.3, -0.25) is 9.78 Å². The second-order valence-electron chi connectivity index (χ2n) is 2.77. The van der Waals surface area contributed by atoms with Gasteiger partial charge < -0.3 is 4.74 Å². The number of halogens is 1. The zero-order valence-electron chi connectivity index (χ0n) is 8.00. The van der Waals surface area contributed by atoms with Crippen molar-refractivity contribution in [3.05, 3.63) is 28.5 Å². The van der Waals surface area contributed by atoms with Gasteiger partial charge in [0, 0.05) is 23.3 Å². The van der Waals surface area contributed by atoms with E-state index in [0.29, 0.717) is 19.4 Å². The molecule has 0 unspecified atom stereocenters. The van der Waals surface area contributed by atoms with Crippen LogP contribution in [-0.2, 0) is 16.0 Å². The minimum atomic E-state index is -0.156. The first-order valence-electron chi connectivity index (χ1n) is 4.48. The fourth-order valence-electron chi connectivity index (χ4n) is 1.08. The molecule has 0 bridgehead atoms. The topological polar surface area (TPSA) is 39.2 Å². The number of aromatic nitrogens is 1. The Bertz CT molecular complexity index is 315. The van der Waals surface area contributed by atoms with Crippen molar-refractivity contribution in [3.63, 3.8) is 0 Å². The predicted molar refractivity (Wildman–Crippen MR) is 56.9 cm³/mol. The third-order valence-corrected chi connectivity index (χ3v) is 2.47. The average molecular weight is 258 g/mol. The molecule has 1 rings (SSSR count). The zero-order valence-corrected chi connectivity index (χ0v) is 9.58. The summed E-state index contributed by atoms with van der Waals surface area (Å²) in [4.78, 5) is 15.0. The maximum Gasteiger partial charge on any atom is 0.306 e. The van der Waals surface area contributed by atoms with Crippen molar-refractivity contribution in [2.24, 2.45) is 0 Å². The smallest absolute Gasteiger partial charge is 0.306 e. The molecule has 0 fully saturated rings. The molecular formula is C10H12BrNO2. The van der Waals surface area contributed by atoms with Crippen molar-refractivity contribution in [2.75, 3.05) is 6.61 Å². The second kappa shape index (κ2) is 5.75. The van der Waals surface area contributed by atoms with E-state index in [2.05, 4.69) is 20.9 Å². The molecule has 0 N–H and O–H groups in total. The van der Waals surface area contributed by atoms with Crippen molar-refractivity contribution >= 4 is 21.9 Å². The van der Waals surface area contributed by atoms with E-state index >= 15 is 0 Å². The molecule has 4 heteroatoms. The van der Waals surface area contributed by atoms with E-state index in [1.165, 1.54) is 0 Å². The Kier molecular flexibility index (Phi) is 4.59. The molecule has 1 aromatic heterocycles. The third-order valence-electron chi connectivity index (χ3n) is 1.76. The van der Waals surface area contributed by atoms with E-state index < -0.39 is 0 Å². The van der Waals surface area contributed by atoms with Gasteiger partial charge in [-0.2, -0.15) is 0 Å². The van der Waals surface area contributed by atoms with Gasteiger partial charge in [0.15, 0.2) is 0 Å². The molecular weight excluding hydrogens is 246 g/mol. The summed E-state index contributed by atoms with van der Waals surface area (Å²) >= 11 is 3.37. The lowest BCUT2D eigenvalue weighted by molar-refractivity contribution is -0.143. The van der Waals surface area contributed by atoms with Crippen LogP contribution in [0.4, 0.5) is 0 Å². The highest BCUT2D eigenvalue weighted by Gasteiger charge is 2.04. The van der Waals surface area contributed by atoms with Crippen molar-refractivity contribution < 1.29 is 9.53 Å². The lowest BCUT2D eigenvalue weighted by Gasteiger charge is -2.03. The van der Waals surface area contributed by atoms with Gasteiger partial charge in [0.1, 0.15) is 0 Å². The van der Waals surface area contributed by atoms with Gasteiger partial charge in [0.25, 0.3) is 0 Å². The van der Waals surface area contributed by atoms with Crippen molar-refractivity contribution in [2.45, 2.75) is 19.8 Å². The number of esters is 1. The maximum atomic E-state index is 11.1. The van der Waals surface area contributed by atoms with Gasteiger partial charge in [-0.15, -0.1) is 0 Å². The molecule has 76 valence electrons. The summed E-state index contributed by atoms with van der Waals surface area (Å²) in [6, 6.07) is 1.89. The first-order chi connectivity index (χ1) is 6.74. The lowest BCUT2D eigenvalue weighted by atomic mass is 10.1. The molecule has 0 aromatic carbocycles. The van der Waals surface area contributed by atoms with E-state index in [4.69, 9.17) is 4.74 Å². The molecule has 0 saturated carbocycles. The number of hydrogen-bond acceptors (Lipinski definition) is 3. The molecule has 0 spiro atoms. The number of nitrogens with zero attached hydrogens (tertiary/aromatic N) is 1. The van der Waals surface area contributed by atoms with Gasteiger partial charge in [0.2, 0.25) is 0 Å². The summed E-state index contributed by atoms with van der Waals surface area (Å²) in [6.45, 7) is 2.25. The monoisotopic (exact) mass is 257 g/mol. The molecule has 0 saturated heterocycles. The molecule has 1 aromatic rings. The van der Waals surface area contributed by atoms with Crippen molar-refractivity contribution in [1.82, 2.24) is 4.98 Å². The summed E-state index contributed by atoms with van der Waals surface area (Å²) < 4.78 is 5.77. The molecule has 3 nitrogen and oxygen atoms in total. The number of aryl methyl sites for hydroxylation is 1. The van der Waals surface area contributed by atoms with E-state index in [1.807, 2.05) is 6.07 Å². The molecule has 0 amide bonds. The first-order valence-corrected chi connectivity index (χ1v) is 5.27. The number of rotatable bonds is 4. The fraction of sp³-hybridized carbons (Fsp3) is 0.400. The molecule has 14 heavy (non-hydrogen) atoms. The Labute approximate surface area is 91.6 Å². The average Bonchev–Trinajstić information content (AvgIpc) is 2.17. The third kappa shape index (κ3) is 3.46. The van der Waals surface area contributed by atoms with Gasteiger partial charge >= 0.3 is 5.97 Å². The number of hydrogen-bond donors (Lipinski definition) is 0. The Morgan fingerprint density at radius 3 is 3.07 bits per heavy atom. The summed E-state index contributed by atoms with van der Waals surface area (Å²) in [5.74, 6) is -0.156. The minimum absolute atomic E-state index is 0.156. The van der Waals surface area contributed by atoms with Crippen LogP contribution in [0.2, 0.25) is 0 Å². The molecule has 1 heterocycles. The molecule has 0 atom stereocenters. The Balaban J connectivity index is 2.46. The largest absolute Gasteiger partial charge is 0.466 e. The second-order valence-corrected chi connectivity index (χ2v) is 3.63. The van der Waals surface area contributed by atoms with Crippen molar-refractivity contribution in [1.29, 1.82) is 0 Å². The van der Waals surface area contributed by atoms with Crippen LogP contribution in [0.15, 0.2) is 22.9 Å². The highest BCUT2D eigenvalue weighted by molar-refractivity contribution is 9.10. The van der Waals surface area contributed by atoms with Crippen LogP contribution >= 0.6 is 15.9 Å². The number of pyridine rings is 1. The highest BCUT2D eigenvalue weighted by Crippen LogP contribution is 2.16. The van der Waals surface area contributed by atoms with E-state index in [9.17, 15) is 4.79 Å². The minimum Gasteiger partial charge on any atom is -0.466 e. The van der Waals surface area contributed by atoms with Crippen LogP contribution in [0, 0.1) is 0 Å². The predicted octanol–water partition coefficient (Wildman–Crippen LogP) is 2.34. The summed E-state index contributed by atoms with van der Waals surface area (Å²) in [6.07, 6.45) is 4.53. The quantitative estimate of drug-likeness (QED) is 0.778. The van der Waals surface area contributed by atoms with Crippen LogP contribution < -0.4 is 0 Å². The van der Waals surface area contributed by atoms with Gasteiger partial charge in [-0.1, -0.05) is 0 Å². The highest BCUT2D eigenvalue weighted by atomic mass is 79.9. The molecule has 0 radical (unpaired) electrons. The van der Waals surface area contributed by atoms with Crippen LogP contribution in [0.25, 0.3) is 0 Å². The Hall–Kier alpha value is -0.900. The summed E-state index contributed by atoms with van der Waals surface area (Å²) in [5, 5.41) is 0. The van der Waals surface area contributed by atoms with Gasteiger partial charge in [-0.25, -0.2) is 0 Å². The fourth-order valence-corrected chi connectivity index (χ4v) is 1.53. The van der Waals surface area contributed by atoms with E-state index in [0.717, 1.165) is 10.0 Å². The lowest BCUT2D eigenvalue weighted by Crippen LogP contribution is -2.05. The normalized spacial score (nSPS) is 9.86. The van der Waals surface area contributed by atoms with Crippen LogP contribution in [0.5, 0.6) is 0 Å². The molecule has 0 aliphatic heterocycles. The number of carbonyl (C=O) groups excluding carboxylic acids is 1. The summed E-state index contributed by atoms with van der Waals surface area (Å²) in [5.41, 5.74) is 1.08. The van der Waals surface area contributed by atoms with Gasteiger partial charge in [-0.05, 0) is 40.9 Å². The first kappa shape index (κ1) is 11.2. The maximum absolute atomic E-state index is 11.1. The number of carbonyl (C=O) groups is 1. The van der Waals surface area contributed by atoms with Crippen LogP contribution in [-0.4, -0.2) is 17.6 Å².